The monoisotopic (exact) mass is 466 g/mol. The van der Waals surface area contributed by atoms with Crippen LogP contribution < -0.4 is 14.4 Å². The molecule has 6 nitrogen and oxygen atoms in total. The number of anilines is 1. The van der Waals surface area contributed by atoms with Crippen LogP contribution in [0.25, 0.3) is 0 Å². The summed E-state index contributed by atoms with van der Waals surface area (Å²) in [5.74, 6) is 0.276. The van der Waals surface area contributed by atoms with Gasteiger partial charge in [0.1, 0.15) is 5.75 Å². The Morgan fingerprint density at radius 1 is 0.939 bits per heavy atom. The van der Waals surface area contributed by atoms with Crippen molar-refractivity contribution in [2.45, 2.75) is 32.4 Å². The summed E-state index contributed by atoms with van der Waals surface area (Å²) < 4.78 is 30.6. The molecule has 0 saturated carbocycles. The van der Waals surface area contributed by atoms with Crippen molar-refractivity contribution in [1.82, 2.24) is 5.32 Å². The standard InChI is InChI=1S/C26H30N2O4S/c1-5-24(32-23-17-15-22(16-18-23)28(3)33(4,30)31)26(29)27-25(20-9-7-6-8-10-20)21-13-11-19(2)12-14-21/h6-18,24-25H,5H2,1-4H3,(H,27,29)/t24-,25-/m0/s1. The number of rotatable bonds is 9. The average Bonchev–Trinajstić information content (AvgIpc) is 2.81. The summed E-state index contributed by atoms with van der Waals surface area (Å²) in [6, 6.07) is 24.3. The molecule has 3 aromatic carbocycles. The van der Waals surface area contributed by atoms with E-state index in [1.165, 1.54) is 11.4 Å². The van der Waals surface area contributed by atoms with Gasteiger partial charge in [0.05, 0.1) is 18.0 Å². The number of benzene rings is 3. The summed E-state index contributed by atoms with van der Waals surface area (Å²) in [4.78, 5) is 13.2. The molecule has 7 heteroatoms. The molecule has 0 spiro atoms. The van der Waals surface area contributed by atoms with Gasteiger partial charge in [-0.3, -0.25) is 9.10 Å². The highest BCUT2D eigenvalue weighted by atomic mass is 32.2. The minimum Gasteiger partial charge on any atom is -0.481 e. The minimum atomic E-state index is -3.35. The Bertz CT molecular complexity index is 1160. The second-order valence-corrected chi connectivity index (χ2v) is 10.0. The molecule has 174 valence electrons. The Hall–Kier alpha value is -3.32. The molecule has 0 aliphatic heterocycles. The Kier molecular flexibility index (Phi) is 7.76. The number of nitrogens with one attached hydrogen (secondary N) is 1. The fourth-order valence-electron chi connectivity index (χ4n) is 3.41. The van der Waals surface area contributed by atoms with Crippen molar-refractivity contribution >= 4 is 21.6 Å². The highest BCUT2D eigenvalue weighted by Gasteiger charge is 2.24. The van der Waals surface area contributed by atoms with Gasteiger partial charge < -0.3 is 10.1 Å². The lowest BCUT2D eigenvalue weighted by Crippen LogP contribution is -2.40. The van der Waals surface area contributed by atoms with Crippen LogP contribution in [0.3, 0.4) is 0 Å². The molecule has 0 radical (unpaired) electrons. The van der Waals surface area contributed by atoms with Crippen molar-refractivity contribution in [1.29, 1.82) is 0 Å². The normalized spacial score (nSPS) is 13.1. The van der Waals surface area contributed by atoms with Gasteiger partial charge in [-0.25, -0.2) is 8.42 Å². The van der Waals surface area contributed by atoms with Crippen LogP contribution in [0.4, 0.5) is 5.69 Å². The molecule has 33 heavy (non-hydrogen) atoms. The van der Waals surface area contributed by atoms with Gasteiger partial charge in [0.2, 0.25) is 10.0 Å². The van der Waals surface area contributed by atoms with E-state index < -0.39 is 16.1 Å². The summed E-state index contributed by atoms with van der Waals surface area (Å²) in [6.45, 7) is 3.92. The summed E-state index contributed by atoms with van der Waals surface area (Å²) >= 11 is 0. The van der Waals surface area contributed by atoms with Gasteiger partial charge in [-0.05, 0) is 48.7 Å². The second kappa shape index (κ2) is 10.5. The number of ether oxygens (including phenoxy) is 1. The molecule has 0 aliphatic rings. The van der Waals surface area contributed by atoms with Crippen molar-refractivity contribution < 1.29 is 17.9 Å². The third-order valence-corrected chi connectivity index (χ3v) is 6.68. The van der Waals surface area contributed by atoms with E-state index in [2.05, 4.69) is 5.32 Å². The van der Waals surface area contributed by atoms with Gasteiger partial charge in [0, 0.05) is 7.05 Å². The zero-order valence-corrected chi connectivity index (χ0v) is 20.2. The van der Waals surface area contributed by atoms with Crippen molar-refractivity contribution in [2.24, 2.45) is 0 Å². The first kappa shape index (κ1) is 24.3. The van der Waals surface area contributed by atoms with Crippen molar-refractivity contribution in [3.63, 3.8) is 0 Å². The first-order valence-corrected chi connectivity index (χ1v) is 12.7. The maximum absolute atomic E-state index is 13.2. The van der Waals surface area contributed by atoms with Gasteiger partial charge in [-0.1, -0.05) is 67.1 Å². The van der Waals surface area contributed by atoms with E-state index >= 15 is 0 Å². The van der Waals surface area contributed by atoms with E-state index in [1.807, 2.05) is 68.4 Å². The number of amides is 1. The maximum Gasteiger partial charge on any atom is 0.261 e. The zero-order chi connectivity index (χ0) is 24.0. The van der Waals surface area contributed by atoms with Crippen molar-refractivity contribution in [3.05, 3.63) is 95.6 Å². The lowest BCUT2D eigenvalue weighted by Gasteiger charge is -2.24. The number of hydrogen-bond donors (Lipinski definition) is 1. The topological polar surface area (TPSA) is 75.7 Å². The molecule has 0 unspecified atom stereocenters. The quantitative estimate of drug-likeness (QED) is 0.505. The molecule has 0 heterocycles. The van der Waals surface area contributed by atoms with Gasteiger partial charge in [0.25, 0.3) is 5.91 Å². The molecule has 2 atom stereocenters. The van der Waals surface area contributed by atoms with Gasteiger partial charge >= 0.3 is 0 Å². The minimum absolute atomic E-state index is 0.218. The third kappa shape index (κ3) is 6.35. The predicted octanol–water partition coefficient (Wildman–Crippen LogP) is 4.45. The molecule has 0 aromatic heterocycles. The third-order valence-electron chi connectivity index (χ3n) is 5.47. The van der Waals surface area contributed by atoms with Crippen LogP contribution in [0.5, 0.6) is 5.75 Å². The van der Waals surface area contributed by atoms with E-state index in [-0.39, 0.29) is 11.9 Å². The lowest BCUT2D eigenvalue weighted by molar-refractivity contribution is -0.128. The largest absolute Gasteiger partial charge is 0.481 e. The molecule has 1 amide bonds. The molecule has 3 rings (SSSR count). The molecular formula is C26H30N2O4S. The van der Waals surface area contributed by atoms with Crippen LogP contribution in [0.1, 0.15) is 36.1 Å². The van der Waals surface area contributed by atoms with Crippen LogP contribution in [-0.4, -0.2) is 33.7 Å². The highest BCUT2D eigenvalue weighted by Crippen LogP contribution is 2.24. The smallest absolute Gasteiger partial charge is 0.261 e. The first-order chi connectivity index (χ1) is 15.7. The van der Waals surface area contributed by atoms with Gasteiger partial charge in [0.15, 0.2) is 6.10 Å². The number of nitrogens with zero attached hydrogens (tertiary/aromatic N) is 1. The molecule has 0 aliphatic carbocycles. The molecule has 0 fully saturated rings. The number of sulfonamides is 1. The summed E-state index contributed by atoms with van der Waals surface area (Å²) in [5.41, 5.74) is 3.64. The van der Waals surface area contributed by atoms with E-state index in [1.54, 1.807) is 24.3 Å². The van der Waals surface area contributed by atoms with Gasteiger partial charge in [-0.2, -0.15) is 0 Å². The fraction of sp³-hybridized carbons (Fsp3) is 0.269. The SMILES string of the molecule is CC[C@H](Oc1ccc(N(C)S(C)(=O)=O)cc1)C(=O)N[C@@H](c1ccccc1)c1ccc(C)cc1. The fourth-order valence-corrected chi connectivity index (χ4v) is 3.92. The highest BCUT2D eigenvalue weighted by molar-refractivity contribution is 7.92. The van der Waals surface area contributed by atoms with Crippen molar-refractivity contribution in [2.75, 3.05) is 17.6 Å². The summed E-state index contributed by atoms with van der Waals surface area (Å²) in [7, 11) is -1.86. The molecule has 0 bridgehead atoms. The number of carbonyl (C=O) groups excluding carboxylic acids is 1. The summed E-state index contributed by atoms with van der Waals surface area (Å²) in [5, 5.41) is 3.14. The number of carbonyl (C=O) groups is 1. The van der Waals surface area contributed by atoms with Crippen LogP contribution in [0, 0.1) is 6.92 Å². The zero-order valence-electron chi connectivity index (χ0n) is 19.4. The van der Waals surface area contributed by atoms with E-state index in [0.717, 1.165) is 22.9 Å². The van der Waals surface area contributed by atoms with Crippen LogP contribution in [-0.2, 0) is 14.8 Å². The Morgan fingerprint density at radius 2 is 1.52 bits per heavy atom. The first-order valence-electron chi connectivity index (χ1n) is 10.8. The van der Waals surface area contributed by atoms with Crippen molar-refractivity contribution in [3.8, 4) is 5.75 Å². The lowest BCUT2D eigenvalue weighted by atomic mass is 9.97. The Balaban J connectivity index is 1.77. The Labute approximate surface area is 196 Å². The van der Waals surface area contributed by atoms with Gasteiger partial charge in [-0.15, -0.1) is 0 Å². The number of aryl methyl sites for hydroxylation is 1. The van der Waals surface area contributed by atoms with Crippen LogP contribution in [0.15, 0.2) is 78.9 Å². The van der Waals surface area contributed by atoms with Crippen LogP contribution in [0.2, 0.25) is 0 Å². The Morgan fingerprint density at radius 3 is 2.06 bits per heavy atom. The summed E-state index contributed by atoms with van der Waals surface area (Å²) in [6.07, 6.45) is 0.929. The van der Waals surface area contributed by atoms with Crippen LogP contribution >= 0.6 is 0 Å². The van der Waals surface area contributed by atoms with E-state index in [0.29, 0.717) is 17.9 Å². The second-order valence-electron chi connectivity index (χ2n) is 8.00. The maximum atomic E-state index is 13.2. The van der Waals surface area contributed by atoms with E-state index in [9.17, 15) is 13.2 Å². The molecule has 0 saturated heterocycles. The average molecular weight is 467 g/mol. The number of hydrogen-bond acceptors (Lipinski definition) is 4. The molecule has 1 N–H and O–H groups in total. The molecular weight excluding hydrogens is 436 g/mol. The van der Waals surface area contributed by atoms with E-state index in [4.69, 9.17) is 4.74 Å². The predicted molar refractivity (Wildman–Crippen MR) is 132 cm³/mol. The molecule has 3 aromatic rings.